The lowest BCUT2D eigenvalue weighted by molar-refractivity contribution is 0.666. The highest BCUT2D eigenvalue weighted by Gasteiger charge is 2.24. The number of nitrogens with one attached hydrogen (secondary N) is 1. The SMILES string of the molecule is c1ccc(C2=NC(c3ccccc3)NC(c3ccc4c(c3)oc3cccc(-n5c6ccccc6c6cc7c8ccccc8n(-c8ccccc8)c7cc65)c34)=N2)cc1. The van der Waals surface area contributed by atoms with Gasteiger partial charge in [0.15, 0.2) is 5.84 Å². The van der Waals surface area contributed by atoms with Crippen molar-refractivity contribution in [2.24, 2.45) is 9.98 Å². The summed E-state index contributed by atoms with van der Waals surface area (Å²) in [4.78, 5) is 10.1. The molecule has 1 unspecified atom stereocenters. The fraction of sp³-hybridized carbons (Fsp3) is 0.0196. The third kappa shape index (κ3) is 4.90. The maximum absolute atomic E-state index is 6.73. The number of hydrogen-bond donors (Lipinski definition) is 1. The summed E-state index contributed by atoms with van der Waals surface area (Å²) in [6.45, 7) is 0. The lowest BCUT2D eigenvalue weighted by Gasteiger charge is -2.23. The average molecular weight is 732 g/mol. The fourth-order valence-electron chi connectivity index (χ4n) is 8.80. The molecule has 0 fully saturated rings. The van der Waals surface area contributed by atoms with Gasteiger partial charge in [-0.05, 0) is 66.2 Å². The Kier molecular flexibility index (Phi) is 6.89. The van der Waals surface area contributed by atoms with E-state index in [1.807, 2.05) is 36.4 Å². The van der Waals surface area contributed by atoms with Gasteiger partial charge in [0, 0.05) is 43.7 Å². The first kappa shape index (κ1) is 31.6. The minimum Gasteiger partial charge on any atom is -0.456 e. The number of aromatic nitrogens is 2. The summed E-state index contributed by atoms with van der Waals surface area (Å²) in [5, 5.41) is 10.6. The Balaban J connectivity index is 1.06. The zero-order valence-corrected chi connectivity index (χ0v) is 30.7. The van der Waals surface area contributed by atoms with E-state index in [2.05, 4.69) is 166 Å². The van der Waals surface area contributed by atoms with Crippen LogP contribution in [0.3, 0.4) is 0 Å². The summed E-state index contributed by atoms with van der Waals surface area (Å²) in [5.74, 6) is 1.44. The fourth-order valence-corrected chi connectivity index (χ4v) is 8.80. The Bertz CT molecular complexity index is 3430. The largest absolute Gasteiger partial charge is 0.456 e. The molecule has 1 N–H and O–H groups in total. The van der Waals surface area contributed by atoms with E-state index in [1.165, 1.54) is 32.6 Å². The normalized spacial score (nSPS) is 14.5. The molecule has 12 rings (SSSR count). The topological polar surface area (TPSA) is 59.8 Å². The molecule has 11 aromatic rings. The molecule has 0 radical (unpaired) electrons. The van der Waals surface area contributed by atoms with E-state index in [-0.39, 0.29) is 6.17 Å². The first-order chi connectivity index (χ1) is 28.3. The molecule has 8 aromatic carbocycles. The molecule has 0 amide bonds. The van der Waals surface area contributed by atoms with Crippen molar-refractivity contribution in [3.63, 3.8) is 0 Å². The summed E-state index contributed by atoms with van der Waals surface area (Å²) in [6, 6.07) is 66.1. The second-order valence-electron chi connectivity index (χ2n) is 14.6. The summed E-state index contributed by atoms with van der Waals surface area (Å²) in [6.07, 6.45) is -0.283. The van der Waals surface area contributed by atoms with E-state index in [0.717, 1.165) is 66.9 Å². The summed E-state index contributed by atoms with van der Waals surface area (Å²) >= 11 is 0. The van der Waals surface area contributed by atoms with Gasteiger partial charge in [0.2, 0.25) is 0 Å². The van der Waals surface area contributed by atoms with E-state index < -0.39 is 0 Å². The van der Waals surface area contributed by atoms with Gasteiger partial charge in [-0.25, -0.2) is 9.98 Å². The van der Waals surface area contributed by atoms with Crippen LogP contribution in [-0.4, -0.2) is 20.8 Å². The van der Waals surface area contributed by atoms with E-state index in [0.29, 0.717) is 5.84 Å². The van der Waals surface area contributed by atoms with Crippen molar-refractivity contribution in [2.75, 3.05) is 0 Å². The highest BCUT2D eigenvalue weighted by Crippen LogP contribution is 2.42. The molecule has 0 saturated carbocycles. The number of benzene rings is 8. The second-order valence-corrected chi connectivity index (χ2v) is 14.6. The van der Waals surface area contributed by atoms with Gasteiger partial charge in [0.1, 0.15) is 23.2 Å². The number of aliphatic imine (C=N–C) groups is 2. The Morgan fingerprint density at radius 2 is 1.11 bits per heavy atom. The average Bonchev–Trinajstić information content (AvgIpc) is 3.93. The number of fused-ring (bicyclic) bond motifs is 9. The molecule has 0 spiro atoms. The molecule has 0 saturated heterocycles. The molecule has 57 heavy (non-hydrogen) atoms. The van der Waals surface area contributed by atoms with Crippen LogP contribution in [0.5, 0.6) is 0 Å². The monoisotopic (exact) mass is 731 g/mol. The Labute approximate surface area is 327 Å². The minimum atomic E-state index is -0.283. The van der Waals surface area contributed by atoms with E-state index in [9.17, 15) is 0 Å². The first-order valence-corrected chi connectivity index (χ1v) is 19.3. The third-order valence-corrected chi connectivity index (χ3v) is 11.4. The predicted octanol–water partition coefficient (Wildman–Crippen LogP) is 12.3. The molecule has 268 valence electrons. The van der Waals surface area contributed by atoms with Crippen molar-refractivity contribution in [3.8, 4) is 11.4 Å². The number of furan rings is 1. The molecule has 6 nitrogen and oxygen atoms in total. The lowest BCUT2D eigenvalue weighted by atomic mass is 10.1. The molecule has 3 aromatic heterocycles. The lowest BCUT2D eigenvalue weighted by Crippen LogP contribution is -2.33. The molecule has 1 atom stereocenters. The highest BCUT2D eigenvalue weighted by atomic mass is 16.3. The molecule has 0 aliphatic carbocycles. The number of hydrogen-bond acceptors (Lipinski definition) is 4. The third-order valence-electron chi connectivity index (χ3n) is 11.4. The summed E-state index contributed by atoms with van der Waals surface area (Å²) in [7, 11) is 0. The number of para-hydroxylation sites is 3. The molecular formula is C51H33N5O. The van der Waals surface area contributed by atoms with Crippen molar-refractivity contribution in [2.45, 2.75) is 6.17 Å². The van der Waals surface area contributed by atoms with Crippen LogP contribution >= 0.6 is 0 Å². The van der Waals surface area contributed by atoms with Gasteiger partial charge < -0.3 is 18.9 Å². The predicted molar refractivity (Wildman–Crippen MR) is 234 cm³/mol. The zero-order valence-electron chi connectivity index (χ0n) is 30.7. The Morgan fingerprint density at radius 3 is 1.86 bits per heavy atom. The van der Waals surface area contributed by atoms with Gasteiger partial charge in [-0.15, -0.1) is 0 Å². The van der Waals surface area contributed by atoms with Crippen LogP contribution in [-0.2, 0) is 0 Å². The Hall–Kier alpha value is -7.70. The van der Waals surface area contributed by atoms with Crippen LogP contribution in [0.2, 0.25) is 0 Å². The molecule has 6 heteroatoms. The van der Waals surface area contributed by atoms with Gasteiger partial charge in [-0.2, -0.15) is 0 Å². The standard InChI is InChI=1S/C51H33N5O/c1-4-15-32(16-5-1)49-52-50(33-17-6-2-7-18-33)54-51(53-49)34-27-28-38-47(29-34)57-46-26-14-25-43(48(38)46)56-42-24-13-11-22-37(42)40-30-39-36-21-10-12-23-41(36)55(44(39)31-45(40)56)35-19-8-3-9-20-35/h1-31,49H,(H,52,53,54). The van der Waals surface area contributed by atoms with Gasteiger partial charge in [0.05, 0.1) is 33.1 Å². The molecule has 4 heterocycles. The second kappa shape index (κ2) is 12.4. The first-order valence-electron chi connectivity index (χ1n) is 19.3. The van der Waals surface area contributed by atoms with E-state index >= 15 is 0 Å². The Morgan fingerprint density at radius 1 is 0.456 bits per heavy atom. The van der Waals surface area contributed by atoms with E-state index in [1.54, 1.807) is 0 Å². The van der Waals surface area contributed by atoms with Crippen LogP contribution in [0.1, 0.15) is 22.9 Å². The zero-order chi connectivity index (χ0) is 37.5. The molecule has 0 bridgehead atoms. The quantitative estimate of drug-likeness (QED) is 0.192. The van der Waals surface area contributed by atoms with Crippen molar-refractivity contribution >= 4 is 77.2 Å². The van der Waals surface area contributed by atoms with Gasteiger partial charge >= 0.3 is 0 Å². The van der Waals surface area contributed by atoms with Crippen LogP contribution in [0.25, 0.3) is 76.9 Å². The van der Waals surface area contributed by atoms with Gasteiger partial charge in [-0.3, -0.25) is 0 Å². The van der Waals surface area contributed by atoms with Crippen molar-refractivity contribution in [1.82, 2.24) is 14.5 Å². The minimum absolute atomic E-state index is 0.283. The van der Waals surface area contributed by atoms with Crippen molar-refractivity contribution in [1.29, 1.82) is 0 Å². The van der Waals surface area contributed by atoms with Crippen molar-refractivity contribution in [3.05, 3.63) is 205 Å². The molecule has 1 aliphatic rings. The maximum Gasteiger partial charge on any atom is 0.159 e. The molecular weight excluding hydrogens is 699 g/mol. The van der Waals surface area contributed by atoms with Crippen LogP contribution in [0, 0.1) is 0 Å². The smallest absolute Gasteiger partial charge is 0.159 e. The summed E-state index contributed by atoms with van der Waals surface area (Å²) < 4.78 is 11.5. The maximum atomic E-state index is 6.73. The van der Waals surface area contributed by atoms with Crippen molar-refractivity contribution < 1.29 is 4.42 Å². The highest BCUT2D eigenvalue weighted by molar-refractivity contribution is 6.21. The van der Waals surface area contributed by atoms with Gasteiger partial charge in [-0.1, -0.05) is 127 Å². The van der Waals surface area contributed by atoms with Gasteiger partial charge in [0.25, 0.3) is 0 Å². The summed E-state index contributed by atoms with van der Waals surface area (Å²) in [5.41, 5.74) is 11.5. The molecule has 1 aliphatic heterocycles. The van der Waals surface area contributed by atoms with Crippen LogP contribution < -0.4 is 5.32 Å². The number of amidine groups is 2. The van der Waals surface area contributed by atoms with Crippen LogP contribution in [0.15, 0.2) is 202 Å². The van der Waals surface area contributed by atoms with E-state index in [4.69, 9.17) is 14.4 Å². The number of rotatable bonds is 5. The number of nitrogens with zero attached hydrogens (tertiary/aromatic N) is 4. The van der Waals surface area contributed by atoms with Crippen LogP contribution in [0.4, 0.5) is 0 Å².